The molecule has 0 saturated heterocycles. The Hall–Kier alpha value is -2.48. The molecule has 0 spiro atoms. The van der Waals surface area contributed by atoms with Gasteiger partial charge in [-0.15, -0.1) is 0 Å². The maximum absolute atomic E-state index is 12.2. The highest BCUT2D eigenvalue weighted by Gasteiger charge is 2.20. The Labute approximate surface area is 108 Å². The first-order chi connectivity index (χ1) is 9.06. The van der Waals surface area contributed by atoms with Gasteiger partial charge in [0, 0.05) is 28.9 Å². The first-order valence-electron chi connectivity index (χ1n) is 5.36. The minimum absolute atomic E-state index is 0.109. The molecule has 2 aromatic heterocycles. The number of H-pyrrole nitrogens is 1. The first kappa shape index (κ1) is 11.6. The van der Waals surface area contributed by atoms with Crippen LogP contribution in [0.3, 0.4) is 0 Å². The molecule has 2 heterocycles. The van der Waals surface area contributed by atoms with Gasteiger partial charge in [-0.05, 0) is 18.2 Å². The van der Waals surface area contributed by atoms with Gasteiger partial charge in [0.05, 0.1) is 0 Å². The van der Waals surface area contributed by atoms with Crippen molar-refractivity contribution in [3.8, 4) is 0 Å². The molecule has 0 fully saturated rings. The molecule has 0 aliphatic carbocycles. The number of sulfonamides is 1. The van der Waals surface area contributed by atoms with Gasteiger partial charge in [0.1, 0.15) is 11.2 Å². The van der Waals surface area contributed by atoms with Crippen LogP contribution in [0, 0.1) is 0 Å². The van der Waals surface area contributed by atoms with Gasteiger partial charge < -0.3 is 15.2 Å². The Morgan fingerprint density at radius 3 is 2.89 bits per heavy atom. The lowest BCUT2D eigenvalue weighted by molar-refractivity contribution is 0.423. The lowest BCUT2D eigenvalue weighted by atomic mass is 10.2. The van der Waals surface area contributed by atoms with Gasteiger partial charge in [-0.25, -0.2) is 8.42 Å². The summed E-state index contributed by atoms with van der Waals surface area (Å²) in [6.07, 6.45) is 2.69. The molecule has 4 N–H and O–H groups in total. The van der Waals surface area contributed by atoms with Gasteiger partial charge >= 0.3 is 0 Å². The van der Waals surface area contributed by atoms with Crippen LogP contribution < -0.4 is 10.5 Å². The summed E-state index contributed by atoms with van der Waals surface area (Å²) in [4.78, 5) is 2.99. The second-order valence-electron chi connectivity index (χ2n) is 3.95. The average Bonchev–Trinajstić information content (AvgIpc) is 2.96. The van der Waals surface area contributed by atoms with Gasteiger partial charge in [-0.2, -0.15) is 0 Å². The number of hydrogen-bond acceptors (Lipinski definition) is 5. The molecule has 19 heavy (non-hydrogen) atoms. The van der Waals surface area contributed by atoms with Gasteiger partial charge in [0.25, 0.3) is 10.0 Å². The van der Waals surface area contributed by atoms with E-state index in [-0.39, 0.29) is 10.7 Å². The highest BCUT2D eigenvalue weighted by molar-refractivity contribution is 7.93. The van der Waals surface area contributed by atoms with Crippen molar-refractivity contribution in [2.75, 3.05) is 10.5 Å². The largest absolute Gasteiger partial charge is 0.399 e. The summed E-state index contributed by atoms with van der Waals surface area (Å²) in [5.74, 6) is 0.123. The Bertz CT molecular complexity index is 821. The fraction of sp³-hybridized carbons (Fsp3) is 0. The number of nitrogens with zero attached hydrogens (tertiary/aromatic N) is 1. The molecule has 0 bridgehead atoms. The van der Waals surface area contributed by atoms with Crippen LogP contribution in [-0.4, -0.2) is 18.6 Å². The molecular weight excluding hydrogens is 268 g/mol. The van der Waals surface area contributed by atoms with Crippen molar-refractivity contribution in [1.29, 1.82) is 0 Å². The van der Waals surface area contributed by atoms with Crippen LogP contribution in [0.5, 0.6) is 0 Å². The van der Waals surface area contributed by atoms with Gasteiger partial charge in [-0.3, -0.25) is 4.72 Å². The second-order valence-corrected chi connectivity index (χ2v) is 5.60. The number of rotatable bonds is 3. The summed E-state index contributed by atoms with van der Waals surface area (Å²) in [6, 6.07) is 6.43. The van der Waals surface area contributed by atoms with Gasteiger partial charge in [0.15, 0.2) is 5.82 Å². The topological polar surface area (TPSA) is 114 Å². The summed E-state index contributed by atoms with van der Waals surface area (Å²) in [5, 5.41) is 4.03. The predicted molar refractivity (Wildman–Crippen MR) is 70.0 cm³/mol. The van der Waals surface area contributed by atoms with Gasteiger partial charge in [-0.1, -0.05) is 5.16 Å². The van der Waals surface area contributed by atoms with Crippen molar-refractivity contribution in [2.24, 2.45) is 0 Å². The highest BCUT2D eigenvalue weighted by atomic mass is 32.2. The molecule has 8 heteroatoms. The molecule has 0 radical (unpaired) electrons. The molecule has 0 unspecified atom stereocenters. The number of nitrogens with two attached hydrogens (primary N) is 1. The van der Waals surface area contributed by atoms with Crippen molar-refractivity contribution in [3.63, 3.8) is 0 Å². The number of nitrogen functional groups attached to an aromatic ring is 1. The fourth-order valence-corrected chi connectivity index (χ4v) is 2.96. The normalized spacial score (nSPS) is 11.8. The SMILES string of the molecule is Nc1ccc2[nH]cc(S(=O)(=O)Nc3ccon3)c2c1. The Balaban J connectivity index is 2.10. The van der Waals surface area contributed by atoms with E-state index in [2.05, 4.69) is 19.4 Å². The van der Waals surface area contributed by atoms with E-state index in [0.29, 0.717) is 16.6 Å². The average molecular weight is 278 g/mol. The molecule has 0 atom stereocenters. The standard InChI is InChI=1S/C11H10N4O3S/c12-7-1-2-9-8(5-7)10(6-13-9)19(16,17)15-11-3-4-18-14-11/h1-6,13H,12H2,(H,14,15). The van der Waals surface area contributed by atoms with Crippen LogP contribution in [0.1, 0.15) is 0 Å². The monoisotopic (exact) mass is 278 g/mol. The molecule has 98 valence electrons. The van der Waals surface area contributed by atoms with E-state index < -0.39 is 10.0 Å². The zero-order chi connectivity index (χ0) is 13.5. The van der Waals surface area contributed by atoms with E-state index in [9.17, 15) is 8.42 Å². The number of aromatic amines is 1. The minimum Gasteiger partial charge on any atom is -0.399 e. The zero-order valence-electron chi connectivity index (χ0n) is 9.62. The van der Waals surface area contributed by atoms with E-state index >= 15 is 0 Å². The Morgan fingerprint density at radius 2 is 2.16 bits per heavy atom. The summed E-state index contributed by atoms with van der Waals surface area (Å²) in [6.45, 7) is 0. The van der Waals surface area contributed by atoms with Crippen molar-refractivity contribution in [1.82, 2.24) is 10.1 Å². The molecule has 3 aromatic rings. The van der Waals surface area contributed by atoms with E-state index in [1.54, 1.807) is 18.2 Å². The summed E-state index contributed by atoms with van der Waals surface area (Å²) in [7, 11) is -3.74. The minimum atomic E-state index is -3.74. The summed E-state index contributed by atoms with van der Waals surface area (Å²) >= 11 is 0. The van der Waals surface area contributed by atoms with Crippen LogP contribution in [0.15, 0.2) is 46.1 Å². The van der Waals surface area contributed by atoms with E-state index in [0.717, 1.165) is 0 Å². The maximum atomic E-state index is 12.2. The van der Waals surface area contributed by atoms with Crippen LogP contribution >= 0.6 is 0 Å². The third kappa shape index (κ3) is 2.02. The van der Waals surface area contributed by atoms with Gasteiger partial charge in [0.2, 0.25) is 0 Å². The first-order valence-corrected chi connectivity index (χ1v) is 6.84. The maximum Gasteiger partial charge on any atom is 0.265 e. The molecule has 0 aliphatic heterocycles. The third-order valence-electron chi connectivity index (χ3n) is 2.63. The highest BCUT2D eigenvalue weighted by Crippen LogP contribution is 2.26. The summed E-state index contributed by atoms with van der Waals surface area (Å²) < 4.78 is 31.4. The van der Waals surface area contributed by atoms with Crippen molar-refractivity contribution < 1.29 is 12.9 Å². The van der Waals surface area contributed by atoms with E-state index in [4.69, 9.17) is 5.73 Å². The number of nitrogens with one attached hydrogen (secondary N) is 2. The Morgan fingerprint density at radius 1 is 1.32 bits per heavy atom. The molecular formula is C11H10N4O3S. The fourth-order valence-electron chi connectivity index (χ4n) is 1.79. The molecule has 7 nitrogen and oxygen atoms in total. The van der Waals surface area contributed by atoms with Crippen molar-refractivity contribution in [2.45, 2.75) is 4.90 Å². The lowest BCUT2D eigenvalue weighted by Gasteiger charge is -2.03. The molecule has 0 aliphatic rings. The van der Waals surface area contributed by atoms with Crippen LogP contribution in [0.4, 0.5) is 11.5 Å². The number of aromatic nitrogens is 2. The van der Waals surface area contributed by atoms with Crippen LogP contribution in [-0.2, 0) is 10.0 Å². The third-order valence-corrected chi connectivity index (χ3v) is 4.03. The number of fused-ring (bicyclic) bond motifs is 1. The molecule has 0 saturated carbocycles. The quantitative estimate of drug-likeness (QED) is 0.629. The zero-order valence-corrected chi connectivity index (χ0v) is 10.4. The van der Waals surface area contributed by atoms with E-state index in [1.807, 2.05) is 0 Å². The molecule has 0 amide bonds. The number of hydrogen-bond donors (Lipinski definition) is 3. The molecule has 3 rings (SSSR count). The number of benzene rings is 1. The van der Waals surface area contributed by atoms with Crippen molar-refractivity contribution in [3.05, 3.63) is 36.7 Å². The second kappa shape index (κ2) is 4.02. The van der Waals surface area contributed by atoms with Crippen LogP contribution in [0.25, 0.3) is 10.9 Å². The van der Waals surface area contributed by atoms with E-state index in [1.165, 1.54) is 18.5 Å². The Kier molecular flexibility index (Phi) is 2.46. The predicted octanol–water partition coefficient (Wildman–Crippen LogP) is 1.54. The lowest BCUT2D eigenvalue weighted by Crippen LogP contribution is -2.12. The summed E-state index contributed by atoms with van der Waals surface area (Å²) in [5.41, 5.74) is 6.86. The molecule has 1 aromatic carbocycles. The van der Waals surface area contributed by atoms with Crippen molar-refractivity contribution >= 4 is 32.4 Å². The van der Waals surface area contributed by atoms with Crippen LogP contribution in [0.2, 0.25) is 0 Å². The number of anilines is 2. The smallest absolute Gasteiger partial charge is 0.265 e.